The topological polar surface area (TPSA) is 76.1 Å². The van der Waals surface area contributed by atoms with Crippen LogP contribution in [0.5, 0.6) is 5.88 Å². The number of hydrogen-bond donors (Lipinski definition) is 2. The van der Waals surface area contributed by atoms with Crippen molar-refractivity contribution in [2.45, 2.75) is 31.8 Å². The zero-order chi connectivity index (χ0) is 16.1. The van der Waals surface area contributed by atoms with E-state index in [0.29, 0.717) is 24.9 Å². The summed E-state index contributed by atoms with van der Waals surface area (Å²) in [5, 5.41) is 6.39. The van der Waals surface area contributed by atoms with Crippen LogP contribution in [0.2, 0.25) is 0 Å². The zero-order valence-electron chi connectivity index (χ0n) is 13.0. The van der Waals surface area contributed by atoms with Crippen LogP contribution in [0.15, 0.2) is 42.6 Å². The summed E-state index contributed by atoms with van der Waals surface area (Å²) in [5.41, 5.74) is 1.07. The number of piperidine rings is 1. The smallest absolute Gasteiger partial charge is 0.226 e. The number of amides is 1. The van der Waals surface area contributed by atoms with Gasteiger partial charge in [-0.25, -0.2) is 4.98 Å². The fourth-order valence-corrected chi connectivity index (χ4v) is 2.74. The highest BCUT2D eigenvalue weighted by Gasteiger charge is 2.30. The zero-order valence-corrected chi connectivity index (χ0v) is 13.0. The molecule has 0 aliphatic carbocycles. The summed E-state index contributed by atoms with van der Waals surface area (Å²) in [6.45, 7) is 2.47. The summed E-state index contributed by atoms with van der Waals surface area (Å²) in [4.78, 5) is 20.4. The first-order valence-electron chi connectivity index (χ1n) is 7.83. The van der Waals surface area contributed by atoms with Gasteiger partial charge in [0.2, 0.25) is 17.7 Å². The maximum atomic E-state index is 11.8. The summed E-state index contributed by atoms with van der Waals surface area (Å²) in [6, 6.07) is 11.6. The van der Waals surface area contributed by atoms with Crippen molar-refractivity contribution in [2.75, 3.05) is 11.9 Å². The summed E-state index contributed by atoms with van der Waals surface area (Å²) in [7, 11) is 0. The number of aromatic nitrogens is 2. The largest absolute Gasteiger partial charge is 0.478 e. The highest BCUT2D eigenvalue weighted by molar-refractivity contribution is 5.77. The van der Waals surface area contributed by atoms with Gasteiger partial charge in [-0.05, 0) is 18.9 Å². The highest BCUT2D eigenvalue weighted by Crippen LogP contribution is 2.26. The van der Waals surface area contributed by atoms with Crippen LogP contribution in [0, 0.1) is 0 Å². The summed E-state index contributed by atoms with van der Waals surface area (Å²) in [6.07, 6.45) is 2.89. The molecule has 2 N–H and O–H groups in total. The second-order valence-electron chi connectivity index (χ2n) is 5.40. The van der Waals surface area contributed by atoms with Gasteiger partial charge in [0.05, 0.1) is 18.7 Å². The van der Waals surface area contributed by atoms with E-state index in [1.807, 2.05) is 37.3 Å². The van der Waals surface area contributed by atoms with E-state index in [4.69, 9.17) is 4.74 Å². The van der Waals surface area contributed by atoms with Gasteiger partial charge < -0.3 is 15.4 Å². The monoisotopic (exact) mass is 312 g/mol. The van der Waals surface area contributed by atoms with Gasteiger partial charge in [-0.15, -0.1) is 0 Å². The van der Waals surface area contributed by atoms with Crippen molar-refractivity contribution in [3.63, 3.8) is 0 Å². The van der Waals surface area contributed by atoms with Crippen molar-refractivity contribution < 1.29 is 9.53 Å². The third kappa shape index (κ3) is 3.77. The van der Waals surface area contributed by atoms with Crippen LogP contribution in [0.3, 0.4) is 0 Å². The van der Waals surface area contributed by atoms with Crippen LogP contribution in [-0.2, 0) is 4.79 Å². The Balaban J connectivity index is 1.79. The molecular weight excluding hydrogens is 292 g/mol. The molecule has 1 aromatic heterocycles. The predicted octanol–water partition coefficient (Wildman–Crippen LogP) is 2.31. The summed E-state index contributed by atoms with van der Waals surface area (Å²) in [5.74, 6) is 1.13. The van der Waals surface area contributed by atoms with Crippen LogP contribution < -0.4 is 15.4 Å². The normalized spacial score (nSPS) is 20.7. The minimum atomic E-state index is -0.100. The van der Waals surface area contributed by atoms with Gasteiger partial charge in [-0.1, -0.05) is 30.3 Å². The molecule has 1 saturated heterocycles. The molecule has 1 fully saturated rings. The lowest BCUT2D eigenvalue weighted by Gasteiger charge is -2.33. The van der Waals surface area contributed by atoms with E-state index in [1.165, 1.54) is 0 Å². The van der Waals surface area contributed by atoms with E-state index in [-0.39, 0.29) is 18.0 Å². The first-order chi connectivity index (χ1) is 11.3. The van der Waals surface area contributed by atoms with Gasteiger partial charge in [0.25, 0.3) is 0 Å². The lowest BCUT2D eigenvalue weighted by Crippen LogP contribution is -2.45. The molecule has 0 radical (unpaired) electrons. The molecule has 2 heterocycles. The lowest BCUT2D eigenvalue weighted by atomic mass is 9.92. The molecule has 120 valence electrons. The van der Waals surface area contributed by atoms with E-state index in [0.717, 1.165) is 12.0 Å². The van der Waals surface area contributed by atoms with Gasteiger partial charge in [-0.3, -0.25) is 4.79 Å². The van der Waals surface area contributed by atoms with Crippen molar-refractivity contribution in [2.24, 2.45) is 0 Å². The Morgan fingerprint density at radius 1 is 1.30 bits per heavy atom. The Labute approximate surface area is 135 Å². The standard InChI is InChI=1S/C17H20N4O2/c1-2-23-15-10-11-18-17(21-15)19-13-8-9-14(22)20-16(13)12-6-4-3-5-7-12/h3-7,10-11,13,16H,2,8-9H2,1H3,(H,20,22)(H,18,19,21)/t13-,16+/m1/s1. The summed E-state index contributed by atoms with van der Waals surface area (Å²) < 4.78 is 5.40. The molecule has 3 rings (SSSR count). The number of anilines is 1. The number of carbonyl (C=O) groups excluding carboxylic acids is 1. The van der Waals surface area contributed by atoms with Gasteiger partial charge in [-0.2, -0.15) is 4.98 Å². The molecule has 1 aliphatic heterocycles. The lowest BCUT2D eigenvalue weighted by molar-refractivity contribution is -0.123. The molecule has 6 nitrogen and oxygen atoms in total. The van der Waals surface area contributed by atoms with E-state index in [2.05, 4.69) is 20.6 Å². The second kappa shape index (κ2) is 7.09. The Hall–Kier alpha value is -2.63. The number of ether oxygens (including phenoxy) is 1. The minimum Gasteiger partial charge on any atom is -0.478 e. The molecular formula is C17H20N4O2. The number of carbonyl (C=O) groups is 1. The highest BCUT2D eigenvalue weighted by atomic mass is 16.5. The maximum Gasteiger partial charge on any atom is 0.226 e. The van der Waals surface area contributed by atoms with E-state index < -0.39 is 0 Å². The number of rotatable bonds is 5. The minimum absolute atomic E-state index is 0.0342. The second-order valence-corrected chi connectivity index (χ2v) is 5.40. The summed E-state index contributed by atoms with van der Waals surface area (Å²) >= 11 is 0. The molecule has 6 heteroatoms. The molecule has 0 bridgehead atoms. The van der Waals surface area contributed by atoms with Crippen LogP contribution in [0.4, 0.5) is 5.95 Å². The van der Waals surface area contributed by atoms with Crippen molar-refractivity contribution in [3.8, 4) is 5.88 Å². The Morgan fingerprint density at radius 3 is 2.91 bits per heavy atom. The molecule has 0 saturated carbocycles. The van der Waals surface area contributed by atoms with Crippen molar-refractivity contribution >= 4 is 11.9 Å². The maximum absolute atomic E-state index is 11.8. The fourth-order valence-electron chi connectivity index (χ4n) is 2.74. The third-order valence-electron chi connectivity index (χ3n) is 3.80. The van der Waals surface area contributed by atoms with Crippen LogP contribution in [-0.4, -0.2) is 28.5 Å². The number of hydrogen-bond acceptors (Lipinski definition) is 5. The fraction of sp³-hybridized carbons (Fsp3) is 0.353. The Morgan fingerprint density at radius 2 is 2.13 bits per heavy atom. The van der Waals surface area contributed by atoms with Gasteiger partial charge in [0, 0.05) is 18.7 Å². The molecule has 2 aromatic rings. The van der Waals surface area contributed by atoms with E-state index >= 15 is 0 Å². The molecule has 23 heavy (non-hydrogen) atoms. The average Bonchev–Trinajstić information content (AvgIpc) is 2.58. The molecule has 1 aliphatic rings. The average molecular weight is 312 g/mol. The Bertz CT molecular complexity index is 663. The van der Waals surface area contributed by atoms with Crippen molar-refractivity contribution in [3.05, 3.63) is 48.2 Å². The van der Waals surface area contributed by atoms with Crippen LogP contribution in [0.25, 0.3) is 0 Å². The quantitative estimate of drug-likeness (QED) is 0.886. The number of benzene rings is 1. The molecule has 0 unspecified atom stereocenters. The van der Waals surface area contributed by atoms with E-state index in [9.17, 15) is 4.79 Å². The predicted molar refractivity (Wildman–Crippen MR) is 87.2 cm³/mol. The van der Waals surface area contributed by atoms with E-state index in [1.54, 1.807) is 12.3 Å². The van der Waals surface area contributed by atoms with Crippen molar-refractivity contribution in [1.82, 2.24) is 15.3 Å². The first kappa shape index (κ1) is 15.3. The number of nitrogens with zero attached hydrogens (tertiary/aromatic N) is 2. The van der Waals surface area contributed by atoms with Crippen LogP contribution >= 0.6 is 0 Å². The SMILES string of the molecule is CCOc1ccnc(N[C@@H]2CCC(=O)N[C@H]2c2ccccc2)n1. The third-order valence-corrected chi connectivity index (χ3v) is 3.80. The Kier molecular flexibility index (Phi) is 4.71. The molecule has 2 atom stereocenters. The van der Waals surface area contributed by atoms with Gasteiger partial charge in [0.1, 0.15) is 0 Å². The molecule has 1 amide bonds. The van der Waals surface area contributed by atoms with Crippen molar-refractivity contribution in [1.29, 1.82) is 0 Å². The number of nitrogens with one attached hydrogen (secondary N) is 2. The molecule has 1 aromatic carbocycles. The van der Waals surface area contributed by atoms with Gasteiger partial charge >= 0.3 is 0 Å². The first-order valence-corrected chi connectivity index (χ1v) is 7.83. The van der Waals surface area contributed by atoms with Crippen LogP contribution in [0.1, 0.15) is 31.4 Å². The molecule has 0 spiro atoms. The van der Waals surface area contributed by atoms with Gasteiger partial charge in [0.15, 0.2) is 0 Å².